The lowest BCUT2D eigenvalue weighted by molar-refractivity contribution is 0.0635. The van der Waals surface area contributed by atoms with Crippen molar-refractivity contribution in [2.75, 3.05) is 11.9 Å². The van der Waals surface area contributed by atoms with Gasteiger partial charge in [0.2, 0.25) is 0 Å². The Labute approximate surface area is 143 Å². The molecular weight excluding hydrogens is 300 g/mol. The molecule has 2 heterocycles. The predicted molar refractivity (Wildman–Crippen MR) is 96.3 cm³/mol. The summed E-state index contributed by atoms with van der Waals surface area (Å²) in [5.41, 5.74) is 2.89. The molecule has 4 nitrogen and oxygen atoms in total. The number of piperidine rings is 1. The second-order valence-electron chi connectivity index (χ2n) is 6.74. The summed E-state index contributed by atoms with van der Waals surface area (Å²) in [6, 6.07) is 10.2. The van der Waals surface area contributed by atoms with Gasteiger partial charge in [0.15, 0.2) is 0 Å². The van der Waals surface area contributed by atoms with Gasteiger partial charge in [0, 0.05) is 23.8 Å². The molecule has 0 radical (unpaired) electrons. The van der Waals surface area contributed by atoms with E-state index in [1.54, 1.807) is 0 Å². The number of hydrogen-bond acceptors (Lipinski definition) is 3. The molecule has 1 aliphatic rings. The summed E-state index contributed by atoms with van der Waals surface area (Å²) in [6.45, 7) is 7.64. The average Bonchev–Trinajstić information content (AvgIpc) is 2.99. The molecule has 0 bridgehead atoms. The molecule has 4 heteroatoms. The molecule has 0 saturated carbocycles. The van der Waals surface area contributed by atoms with Crippen LogP contribution in [-0.2, 0) is 6.54 Å². The lowest BCUT2D eigenvalue weighted by atomic mass is 10.0. The van der Waals surface area contributed by atoms with Gasteiger partial charge >= 0.3 is 0 Å². The third-order valence-corrected chi connectivity index (χ3v) is 4.79. The molecule has 0 spiro atoms. The Morgan fingerprint density at radius 1 is 1.25 bits per heavy atom. The number of nitrogens with one attached hydrogen (secondary N) is 1. The zero-order valence-electron chi connectivity index (χ0n) is 14.8. The molecule has 1 saturated heterocycles. The first-order valence-corrected chi connectivity index (χ1v) is 8.75. The largest absolute Gasteiger partial charge is 0.465 e. The van der Waals surface area contributed by atoms with Gasteiger partial charge in [0.25, 0.3) is 5.91 Å². The van der Waals surface area contributed by atoms with Crippen LogP contribution in [0.15, 0.2) is 34.7 Å². The summed E-state index contributed by atoms with van der Waals surface area (Å²) in [7, 11) is 0. The number of benzene rings is 1. The average molecular weight is 326 g/mol. The van der Waals surface area contributed by atoms with Crippen LogP contribution in [0.25, 0.3) is 0 Å². The summed E-state index contributed by atoms with van der Waals surface area (Å²) in [5, 5.41) is 3.38. The van der Waals surface area contributed by atoms with Gasteiger partial charge in [0.1, 0.15) is 11.5 Å². The van der Waals surface area contributed by atoms with Crippen LogP contribution in [0.3, 0.4) is 0 Å². The SMILES string of the molecule is Cc1ccc(CNc2ccc(C(=O)N3CCCC[C@@H]3C)cc2C)o1. The van der Waals surface area contributed by atoms with Crippen molar-refractivity contribution in [3.05, 3.63) is 53.0 Å². The highest BCUT2D eigenvalue weighted by molar-refractivity contribution is 5.95. The summed E-state index contributed by atoms with van der Waals surface area (Å²) >= 11 is 0. The zero-order chi connectivity index (χ0) is 17.1. The topological polar surface area (TPSA) is 45.5 Å². The number of carbonyl (C=O) groups excluding carboxylic acids is 1. The van der Waals surface area contributed by atoms with Crippen LogP contribution < -0.4 is 5.32 Å². The molecule has 128 valence electrons. The maximum absolute atomic E-state index is 12.7. The number of aryl methyl sites for hydroxylation is 2. The van der Waals surface area contributed by atoms with Crippen LogP contribution in [0.2, 0.25) is 0 Å². The third kappa shape index (κ3) is 3.64. The number of hydrogen-bond donors (Lipinski definition) is 1. The van der Waals surface area contributed by atoms with Gasteiger partial charge < -0.3 is 14.6 Å². The van der Waals surface area contributed by atoms with Crippen molar-refractivity contribution in [2.24, 2.45) is 0 Å². The number of amides is 1. The summed E-state index contributed by atoms with van der Waals surface area (Å²) < 4.78 is 5.57. The fourth-order valence-electron chi connectivity index (χ4n) is 3.32. The summed E-state index contributed by atoms with van der Waals surface area (Å²) in [6.07, 6.45) is 3.43. The molecule has 1 aliphatic heterocycles. The molecule has 1 atom stereocenters. The second-order valence-corrected chi connectivity index (χ2v) is 6.74. The van der Waals surface area contributed by atoms with Crippen LogP contribution >= 0.6 is 0 Å². The van der Waals surface area contributed by atoms with Crippen molar-refractivity contribution in [2.45, 2.75) is 52.6 Å². The van der Waals surface area contributed by atoms with Crippen LogP contribution in [0.4, 0.5) is 5.69 Å². The standard InChI is InChI=1S/C20H26N2O2/c1-14-12-17(20(23)22-11-5-4-6-15(22)2)8-10-19(14)21-13-18-9-7-16(3)24-18/h7-10,12,15,21H,4-6,11,13H2,1-3H3/t15-/m0/s1. The quantitative estimate of drug-likeness (QED) is 0.898. The maximum Gasteiger partial charge on any atom is 0.254 e. The van der Waals surface area contributed by atoms with Gasteiger partial charge in [-0.1, -0.05) is 0 Å². The van der Waals surface area contributed by atoms with Crippen molar-refractivity contribution in [3.8, 4) is 0 Å². The lowest BCUT2D eigenvalue weighted by Gasteiger charge is -2.33. The Balaban J connectivity index is 1.68. The summed E-state index contributed by atoms with van der Waals surface area (Å²) in [5.74, 6) is 1.98. The predicted octanol–water partition coefficient (Wildman–Crippen LogP) is 4.52. The van der Waals surface area contributed by atoms with E-state index in [0.717, 1.165) is 47.7 Å². The van der Waals surface area contributed by atoms with E-state index in [-0.39, 0.29) is 5.91 Å². The van der Waals surface area contributed by atoms with E-state index in [1.165, 1.54) is 6.42 Å². The number of carbonyl (C=O) groups is 1. The van der Waals surface area contributed by atoms with Crippen LogP contribution in [0.5, 0.6) is 0 Å². The van der Waals surface area contributed by atoms with Gasteiger partial charge in [-0.05, 0) is 75.9 Å². The van der Waals surface area contributed by atoms with Crippen molar-refractivity contribution in [1.29, 1.82) is 0 Å². The van der Waals surface area contributed by atoms with E-state index in [1.807, 2.05) is 49.1 Å². The normalized spacial score (nSPS) is 17.8. The van der Waals surface area contributed by atoms with Gasteiger partial charge in [0.05, 0.1) is 6.54 Å². The maximum atomic E-state index is 12.7. The molecule has 1 aromatic carbocycles. The van der Waals surface area contributed by atoms with E-state index in [2.05, 4.69) is 12.2 Å². The molecule has 0 aliphatic carbocycles. The highest BCUT2D eigenvalue weighted by Crippen LogP contribution is 2.22. The van der Waals surface area contributed by atoms with E-state index in [9.17, 15) is 4.79 Å². The second kappa shape index (κ2) is 7.12. The third-order valence-electron chi connectivity index (χ3n) is 4.79. The van der Waals surface area contributed by atoms with Gasteiger partial charge in [-0.3, -0.25) is 4.79 Å². The van der Waals surface area contributed by atoms with Crippen molar-refractivity contribution in [3.63, 3.8) is 0 Å². The Bertz CT molecular complexity index is 720. The molecule has 0 unspecified atom stereocenters. The van der Waals surface area contributed by atoms with Gasteiger partial charge in [-0.25, -0.2) is 0 Å². The van der Waals surface area contributed by atoms with Crippen LogP contribution in [-0.4, -0.2) is 23.4 Å². The number of furan rings is 1. The molecular formula is C20H26N2O2. The van der Waals surface area contributed by atoms with Crippen LogP contribution in [0, 0.1) is 13.8 Å². The van der Waals surface area contributed by atoms with E-state index < -0.39 is 0 Å². The van der Waals surface area contributed by atoms with Gasteiger partial charge in [-0.15, -0.1) is 0 Å². The molecule has 2 aromatic rings. The van der Waals surface area contributed by atoms with E-state index in [0.29, 0.717) is 12.6 Å². The smallest absolute Gasteiger partial charge is 0.254 e. The Kier molecular flexibility index (Phi) is 4.93. The highest BCUT2D eigenvalue weighted by Gasteiger charge is 2.24. The highest BCUT2D eigenvalue weighted by atomic mass is 16.3. The number of likely N-dealkylation sites (tertiary alicyclic amines) is 1. The number of rotatable bonds is 4. The molecule has 3 rings (SSSR count). The first kappa shape index (κ1) is 16.6. The van der Waals surface area contributed by atoms with Crippen molar-refractivity contribution >= 4 is 11.6 Å². The zero-order valence-corrected chi connectivity index (χ0v) is 14.8. The minimum Gasteiger partial charge on any atom is -0.465 e. The molecule has 24 heavy (non-hydrogen) atoms. The van der Waals surface area contributed by atoms with Crippen molar-refractivity contribution in [1.82, 2.24) is 4.90 Å². The number of nitrogens with zero attached hydrogens (tertiary/aromatic N) is 1. The Morgan fingerprint density at radius 2 is 2.08 bits per heavy atom. The molecule has 1 amide bonds. The van der Waals surface area contributed by atoms with Crippen molar-refractivity contribution < 1.29 is 9.21 Å². The van der Waals surface area contributed by atoms with Gasteiger partial charge in [-0.2, -0.15) is 0 Å². The monoisotopic (exact) mass is 326 g/mol. The molecule has 1 aromatic heterocycles. The van der Waals surface area contributed by atoms with Crippen LogP contribution in [0.1, 0.15) is 53.6 Å². The first-order chi connectivity index (χ1) is 11.5. The summed E-state index contributed by atoms with van der Waals surface area (Å²) in [4.78, 5) is 14.8. The Hall–Kier alpha value is -2.23. The number of anilines is 1. The molecule has 1 N–H and O–H groups in total. The van der Waals surface area contributed by atoms with E-state index >= 15 is 0 Å². The molecule has 1 fully saturated rings. The fraction of sp³-hybridized carbons (Fsp3) is 0.450. The first-order valence-electron chi connectivity index (χ1n) is 8.75. The van der Waals surface area contributed by atoms with E-state index in [4.69, 9.17) is 4.42 Å². The lowest BCUT2D eigenvalue weighted by Crippen LogP contribution is -2.42. The minimum atomic E-state index is 0.151. The Morgan fingerprint density at radius 3 is 2.75 bits per heavy atom. The fourth-order valence-corrected chi connectivity index (χ4v) is 3.32. The minimum absolute atomic E-state index is 0.151.